The van der Waals surface area contributed by atoms with Gasteiger partial charge in [0.25, 0.3) is 0 Å². The highest BCUT2D eigenvalue weighted by Gasteiger charge is 2.32. The van der Waals surface area contributed by atoms with Crippen LogP contribution in [0.1, 0.15) is 37.5 Å². The number of nitrogens with one attached hydrogen (secondary N) is 1. The van der Waals surface area contributed by atoms with E-state index in [1.807, 2.05) is 75.4 Å². The van der Waals surface area contributed by atoms with E-state index in [9.17, 15) is 9.59 Å². The molecule has 37 heavy (non-hydrogen) atoms. The number of halogens is 3. The van der Waals surface area contributed by atoms with Crippen molar-refractivity contribution in [1.82, 2.24) is 10.2 Å². The monoisotopic (exact) mass is 620 g/mol. The molecule has 0 saturated carbocycles. The minimum atomic E-state index is -0.683. The maximum Gasteiger partial charge on any atom is 0.243 e. The van der Waals surface area contributed by atoms with Gasteiger partial charge in [0.1, 0.15) is 6.04 Å². The van der Waals surface area contributed by atoms with Gasteiger partial charge >= 0.3 is 0 Å². The largest absolute Gasteiger partial charge is 0.350 e. The molecular formula is C29H31BrCl2N2O2S. The highest BCUT2D eigenvalue weighted by atomic mass is 79.9. The van der Waals surface area contributed by atoms with E-state index in [-0.39, 0.29) is 17.6 Å². The molecule has 1 atom stereocenters. The molecule has 3 rings (SSSR count). The first-order chi connectivity index (χ1) is 17.5. The normalized spacial score (nSPS) is 12.2. The smallest absolute Gasteiger partial charge is 0.243 e. The second-order valence-electron chi connectivity index (χ2n) is 9.79. The van der Waals surface area contributed by atoms with Crippen molar-refractivity contribution in [3.8, 4) is 0 Å². The molecule has 1 N–H and O–H groups in total. The maximum absolute atomic E-state index is 13.7. The third kappa shape index (κ3) is 9.36. The van der Waals surface area contributed by atoms with Crippen molar-refractivity contribution in [2.45, 2.75) is 51.1 Å². The zero-order valence-corrected chi connectivity index (χ0v) is 25.1. The van der Waals surface area contributed by atoms with Gasteiger partial charge in [-0.3, -0.25) is 9.59 Å². The summed E-state index contributed by atoms with van der Waals surface area (Å²) < 4.78 is 0.916. The van der Waals surface area contributed by atoms with Crippen LogP contribution in [0.25, 0.3) is 0 Å². The Morgan fingerprint density at radius 1 is 0.946 bits per heavy atom. The zero-order valence-electron chi connectivity index (χ0n) is 21.1. The lowest BCUT2D eigenvalue weighted by molar-refractivity contribution is -0.140. The van der Waals surface area contributed by atoms with Crippen LogP contribution in [0.4, 0.5) is 0 Å². The van der Waals surface area contributed by atoms with Crippen LogP contribution >= 0.6 is 50.9 Å². The lowest BCUT2D eigenvalue weighted by atomic mass is 10.0. The van der Waals surface area contributed by atoms with E-state index in [1.54, 1.807) is 23.1 Å². The molecule has 0 spiro atoms. The Morgan fingerprint density at radius 2 is 1.57 bits per heavy atom. The Balaban J connectivity index is 1.89. The van der Waals surface area contributed by atoms with Crippen LogP contribution in [0, 0.1) is 0 Å². The van der Waals surface area contributed by atoms with Gasteiger partial charge in [0, 0.05) is 38.8 Å². The number of amides is 2. The Morgan fingerprint density at radius 3 is 2.19 bits per heavy atom. The van der Waals surface area contributed by atoms with Crippen molar-refractivity contribution in [1.29, 1.82) is 0 Å². The first kappa shape index (κ1) is 29.6. The Bertz CT molecular complexity index is 1200. The first-order valence-electron chi connectivity index (χ1n) is 11.9. The van der Waals surface area contributed by atoms with Crippen molar-refractivity contribution >= 4 is 62.7 Å². The lowest BCUT2D eigenvalue weighted by Gasteiger charge is -2.34. The van der Waals surface area contributed by atoms with Crippen molar-refractivity contribution in [3.05, 3.63) is 104 Å². The molecule has 196 valence electrons. The van der Waals surface area contributed by atoms with Crippen molar-refractivity contribution in [2.75, 3.05) is 5.75 Å². The fraction of sp³-hybridized carbons (Fsp3) is 0.310. The van der Waals surface area contributed by atoms with Gasteiger partial charge in [0.05, 0.1) is 5.75 Å². The van der Waals surface area contributed by atoms with Gasteiger partial charge in [-0.1, -0.05) is 87.7 Å². The molecule has 0 aliphatic heterocycles. The molecule has 0 radical (unpaired) electrons. The first-order valence-corrected chi connectivity index (χ1v) is 14.6. The zero-order chi connectivity index (χ0) is 27.0. The summed E-state index contributed by atoms with van der Waals surface area (Å²) >= 11 is 17.6. The molecule has 0 aliphatic rings. The second kappa shape index (κ2) is 13.7. The SMILES string of the molecule is CC(C)(C)NC(=O)[C@H](Cc1ccccc1)N(Cc1cccc(Br)c1)C(=O)CSCc1c(Cl)cccc1Cl. The number of hydrogen-bond acceptors (Lipinski definition) is 3. The van der Waals surface area contributed by atoms with E-state index < -0.39 is 11.6 Å². The molecule has 0 aliphatic carbocycles. The van der Waals surface area contributed by atoms with E-state index in [4.69, 9.17) is 23.2 Å². The van der Waals surface area contributed by atoms with Crippen LogP contribution in [0.3, 0.4) is 0 Å². The van der Waals surface area contributed by atoms with E-state index in [0.29, 0.717) is 28.8 Å². The fourth-order valence-corrected chi connectivity index (χ4v) is 5.93. The molecule has 3 aromatic rings. The molecule has 4 nitrogen and oxygen atoms in total. The minimum Gasteiger partial charge on any atom is -0.350 e. The summed E-state index contributed by atoms with van der Waals surface area (Å²) in [6.45, 7) is 6.12. The third-order valence-corrected chi connectivity index (χ3v) is 7.69. The molecule has 0 unspecified atom stereocenters. The highest BCUT2D eigenvalue weighted by molar-refractivity contribution is 9.10. The summed E-state index contributed by atoms with van der Waals surface area (Å²) in [5, 5.41) is 4.23. The average Bonchev–Trinajstić information content (AvgIpc) is 2.82. The van der Waals surface area contributed by atoms with Gasteiger partial charge in [-0.15, -0.1) is 11.8 Å². The predicted molar refractivity (Wildman–Crippen MR) is 159 cm³/mol. The maximum atomic E-state index is 13.7. The standard InChI is InChI=1S/C29H31BrCl2N2O2S/c1-29(2,3)33-28(36)26(16-20-9-5-4-6-10-20)34(17-21-11-7-12-22(30)15-21)27(35)19-37-18-23-24(31)13-8-14-25(23)32/h4-15,26H,16-19H2,1-3H3,(H,33,36)/t26-/m0/s1. The Labute approximate surface area is 242 Å². The van der Waals surface area contributed by atoms with Crippen molar-refractivity contribution in [3.63, 3.8) is 0 Å². The van der Waals surface area contributed by atoms with E-state index in [1.165, 1.54) is 11.8 Å². The summed E-state index contributed by atoms with van der Waals surface area (Å²) in [5.41, 5.74) is 2.28. The quantitative estimate of drug-likeness (QED) is 0.254. The lowest BCUT2D eigenvalue weighted by Crippen LogP contribution is -2.54. The van der Waals surface area contributed by atoms with Gasteiger partial charge in [-0.2, -0.15) is 0 Å². The molecule has 0 aromatic heterocycles. The Kier molecular flexibility index (Phi) is 10.9. The number of nitrogens with zero attached hydrogens (tertiary/aromatic N) is 1. The molecule has 3 aromatic carbocycles. The van der Waals surface area contributed by atoms with Crippen LogP contribution in [0.5, 0.6) is 0 Å². The number of rotatable bonds is 10. The van der Waals surface area contributed by atoms with Crippen LogP contribution in [0.2, 0.25) is 10.0 Å². The summed E-state index contributed by atoms with van der Waals surface area (Å²) in [6.07, 6.45) is 0.406. The highest BCUT2D eigenvalue weighted by Crippen LogP contribution is 2.29. The molecule has 0 fully saturated rings. The summed E-state index contributed by atoms with van der Waals surface area (Å²) in [7, 11) is 0. The van der Waals surface area contributed by atoms with Crippen molar-refractivity contribution in [2.24, 2.45) is 0 Å². The number of carbonyl (C=O) groups excluding carboxylic acids is 2. The average molecular weight is 622 g/mol. The molecule has 0 saturated heterocycles. The fourth-order valence-electron chi connectivity index (χ4n) is 3.83. The minimum absolute atomic E-state index is 0.127. The number of carbonyl (C=O) groups is 2. The van der Waals surface area contributed by atoms with Crippen LogP contribution in [-0.2, 0) is 28.3 Å². The predicted octanol–water partition coefficient (Wildman–Crippen LogP) is 7.54. The molecule has 8 heteroatoms. The molecule has 2 amide bonds. The van der Waals surface area contributed by atoms with Gasteiger partial charge in [-0.05, 0) is 61.7 Å². The number of thioether (sulfide) groups is 1. The molecule has 0 heterocycles. The van der Waals surface area contributed by atoms with Gasteiger partial charge < -0.3 is 10.2 Å². The molecular weight excluding hydrogens is 591 g/mol. The van der Waals surface area contributed by atoms with Gasteiger partial charge in [-0.25, -0.2) is 0 Å². The summed E-state index contributed by atoms with van der Waals surface area (Å²) in [6, 6.07) is 22.3. The van der Waals surface area contributed by atoms with Crippen LogP contribution in [-0.4, -0.2) is 34.0 Å². The second-order valence-corrected chi connectivity index (χ2v) is 12.5. The number of benzene rings is 3. The van der Waals surface area contributed by atoms with Gasteiger partial charge in [0.2, 0.25) is 11.8 Å². The van der Waals surface area contributed by atoms with Crippen LogP contribution < -0.4 is 5.32 Å². The summed E-state index contributed by atoms with van der Waals surface area (Å²) in [4.78, 5) is 29.0. The van der Waals surface area contributed by atoms with E-state index in [0.717, 1.165) is 21.2 Å². The van der Waals surface area contributed by atoms with E-state index >= 15 is 0 Å². The molecule has 0 bridgehead atoms. The van der Waals surface area contributed by atoms with Crippen molar-refractivity contribution < 1.29 is 9.59 Å². The third-order valence-electron chi connectivity index (χ3n) is 5.54. The number of hydrogen-bond donors (Lipinski definition) is 1. The Hall–Kier alpha value is -1.99. The van der Waals surface area contributed by atoms with Crippen LogP contribution in [0.15, 0.2) is 77.3 Å². The van der Waals surface area contributed by atoms with E-state index in [2.05, 4.69) is 21.2 Å². The van der Waals surface area contributed by atoms with Gasteiger partial charge in [0.15, 0.2) is 0 Å². The topological polar surface area (TPSA) is 49.4 Å². The summed E-state index contributed by atoms with van der Waals surface area (Å²) in [5.74, 6) is 0.368.